The second-order valence-electron chi connectivity index (χ2n) is 4.13. The fourth-order valence-corrected chi connectivity index (χ4v) is 3.21. The molecule has 0 bridgehead atoms. The minimum absolute atomic E-state index is 0.0803. The van der Waals surface area contributed by atoms with Gasteiger partial charge in [-0.15, -0.1) is 11.3 Å². The molecule has 1 heterocycles. The van der Waals surface area contributed by atoms with Gasteiger partial charge >= 0.3 is 0 Å². The molecule has 88 valence electrons. The molecule has 0 spiro atoms. The zero-order valence-electron chi connectivity index (χ0n) is 8.91. The first-order valence-corrected chi connectivity index (χ1v) is 7.03. The Labute approximate surface area is 108 Å². The number of halogens is 1. The SMILES string of the molecule is NCC(NC(=O)Cc1ccc(Br)s1)C1CC1. The van der Waals surface area contributed by atoms with Crippen molar-refractivity contribution in [2.45, 2.75) is 25.3 Å². The number of amides is 1. The Morgan fingerprint density at radius 3 is 2.88 bits per heavy atom. The summed E-state index contributed by atoms with van der Waals surface area (Å²) in [4.78, 5) is 12.8. The summed E-state index contributed by atoms with van der Waals surface area (Å²) >= 11 is 4.99. The first-order chi connectivity index (χ1) is 7.69. The van der Waals surface area contributed by atoms with Crippen LogP contribution in [0.1, 0.15) is 17.7 Å². The molecule has 1 fully saturated rings. The molecule has 1 aromatic heterocycles. The third-order valence-corrected chi connectivity index (χ3v) is 4.38. The van der Waals surface area contributed by atoms with Gasteiger partial charge in [-0.3, -0.25) is 4.79 Å². The molecule has 0 aliphatic heterocycles. The van der Waals surface area contributed by atoms with Crippen LogP contribution in [0.15, 0.2) is 15.9 Å². The molecular weight excluding hydrogens is 288 g/mol. The number of hydrogen-bond donors (Lipinski definition) is 2. The Hall–Kier alpha value is -0.390. The van der Waals surface area contributed by atoms with Gasteiger partial charge in [0.05, 0.1) is 10.2 Å². The largest absolute Gasteiger partial charge is 0.352 e. The predicted octanol–water partition coefficient (Wildman–Crippen LogP) is 1.91. The molecule has 2 rings (SSSR count). The van der Waals surface area contributed by atoms with Crippen LogP contribution >= 0.6 is 27.3 Å². The lowest BCUT2D eigenvalue weighted by atomic mass is 10.2. The topological polar surface area (TPSA) is 55.1 Å². The van der Waals surface area contributed by atoms with Gasteiger partial charge in [-0.1, -0.05) is 0 Å². The summed E-state index contributed by atoms with van der Waals surface area (Å²) in [7, 11) is 0. The van der Waals surface area contributed by atoms with E-state index in [9.17, 15) is 4.79 Å². The Morgan fingerprint density at radius 2 is 2.38 bits per heavy atom. The maximum atomic E-state index is 11.7. The van der Waals surface area contributed by atoms with Gasteiger partial charge in [-0.25, -0.2) is 0 Å². The van der Waals surface area contributed by atoms with E-state index in [0.29, 0.717) is 18.9 Å². The molecule has 0 saturated heterocycles. The summed E-state index contributed by atoms with van der Waals surface area (Å²) in [5.41, 5.74) is 5.64. The number of thiophene rings is 1. The van der Waals surface area contributed by atoms with Crippen molar-refractivity contribution in [3.8, 4) is 0 Å². The van der Waals surface area contributed by atoms with E-state index in [2.05, 4.69) is 21.2 Å². The summed E-state index contributed by atoms with van der Waals surface area (Å²) < 4.78 is 1.06. The van der Waals surface area contributed by atoms with Gasteiger partial charge in [0.1, 0.15) is 0 Å². The van der Waals surface area contributed by atoms with Crippen molar-refractivity contribution in [1.82, 2.24) is 5.32 Å². The first-order valence-electron chi connectivity index (χ1n) is 5.42. The van der Waals surface area contributed by atoms with Crippen LogP contribution in [-0.2, 0) is 11.2 Å². The Bertz CT molecular complexity index is 376. The molecule has 1 aromatic rings. The smallest absolute Gasteiger partial charge is 0.225 e. The molecule has 1 amide bonds. The standard InChI is InChI=1S/C11H15BrN2OS/c12-10-4-3-8(16-10)5-11(15)14-9(6-13)7-1-2-7/h3-4,7,9H,1-2,5-6,13H2,(H,14,15). The highest BCUT2D eigenvalue weighted by atomic mass is 79.9. The monoisotopic (exact) mass is 302 g/mol. The van der Waals surface area contributed by atoms with Crippen molar-refractivity contribution in [3.05, 3.63) is 20.8 Å². The van der Waals surface area contributed by atoms with E-state index in [0.717, 1.165) is 8.66 Å². The molecule has 1 saturated carbocycles. The minimum Gasteiger partial charge on any atom is -0.352 e. The first kappa shape index (κ1) is 12.1. The van der Waals surface area contributed by atoms with Crippen molar-refractivity contribution < 1.29 is 4.79 Å². The molecule has 0 radical (unpaired) electrons. The quantitative estimate of drug-likeness (QED) is 0.873. The third kappa shape index (κ3) is 3.30. The Kier molecular flexibility index (Phi) is 4.00. The van der Waals surface area contributed by atoms with Crippen molar-refractivity contribution >= 4 is 33.2 Å². The summed E-state index contributed by atoms with van der Waals surface area (Å²) in [5.74, 6) is 0.695. The molecule has 1 atom stereocenters. The lowest BCUT2D eigenvalue weighted by Crippen LogP contribution is -2.42. The van der Waals surface area contributed by atoms with E-state index in [4.69, 9.17) is 5.73 Å². The van der Waals surface area contributed by atoms with Crippen LogP contribution in [-0.4, -0.2) is 18.5 Å². The molecule has 1 aliphatic rings. The third-order valence-electron chi connectivity index (χ3n) is 2.76. The summed E-state index contributed by atoms with van der Waals surface area (Å²) in [5, 5.41) is 3.01. The summed E-state index contributed by atoms with van der Waals surface area (Å²) in [6.45, 7) is 0.546. The summed E-state index contributed by atoms with van der Waals surface area (Å²) in [6.07, 6.45) is 2.86. The second-order valence-corrected chi connectivity index (χ2v) is 6.68. The van der Waals surface area contributed by atoms with Crippen LogP contribution in [0.4, 0.5) is 0 Å². The molecule has 0 aromatic carbocycles. The lowest BCUT2D eigenvalue weighted by Gasteiger charge is -2.15. The van der Waals surface area contributed by atoms with Gasteiger partial charge < -0.3 is 11.1 Å². The van der Waals surface area contributed by atoms with E-state index in [1.54, 1.807) is 11.3 Å². The normalized spacial score (nSPS) is 17.1. The average molecular weight is 303 g/mol. The molecule has 1 aliphatic carbocycles. The van der Waals surface area contributed by atoms with Gasteiger partial charge in [0.15, 0.2) is 0 Å². The Balaban J connectivity index is 1.83. The fraction of sp³-hybridized carbons (Fsp3) is 0.545. The highest BCUT2D eigenvalue weighted by Gasteiger charge is 2.31. The average Bonchev–Trinajstić information content (AvgIpc) is 3.00. The molecule has 3 nitrogen and oxygen atoms in total. The maximum absolute atomic E-state index is 11.7. The van der Waals surface area contributed by atoms with Gasteiger partial charge in [0.2, 0.25) is 5.91 Å². The van der Waals surface area contributed by atoms with E-state index >= 15 is 0 Å². The van der Waals surface area contributed by atoms with E-state index in [-0.39, 0.29) is 11.9 Å². The number of carbonyl (C=O) groups excluding carboxylic acids is 1. The number of rotatable bonds is 5. The van der Waals surface area contributed by atoms with Gasteiger partial charge in [0.25, 0.3) is 0 Å². The molecule has 16 heavy (non-hydrogen) atoms. The van der Waals surface area contributed by atoms with Gasteiger partial charge in [-0.05, 0) is 46.8 Å². The van der Waals surface area contributed by atoms with Gasteiger partial charge in [0, 0.05) is 17.5 Å². The number of nitrogens with one attached hydrogen (secondary N) is 1. The molecule has 1 unspecified atom stereocenters. The van der Waals surface area contributed by atoms with Crippen LogP contribution in [0.2, 0.25) is 0 Å². The van der Waals surface area contributed by atoms with Gasteiger partial charge in [-0.2, -0.15) is 0 Å². The van der Waals surface area contributed by atoms with Crippen LogP contribution in [0.3, 0.4) is 0 Å². The fourth-order valence-electron chi connectivity index (χ4n) is 1.73. The minimum atomic E-state index is 0.0803. The van der Waals surface area contributed by atoms with Crippen molar-refractivity contribution in [2.75, 3.05) is 6.54 Å². The summed E-state index contributed by atoms with van der Waals surface area (Å²) in [6, 6.07) is 4.12. The highest BCUT2D eigenvalue weighted by Crippen LogP contribution is 2.32. The van der Waals surface area contributed by atoms with Crippen molar-refractivity contribution in [2.24, 2.45) is 11.7 Å². The van der Waals surface area contributed by atoms with Crippen LogP contribution in [0, 0.1) is 5.92 Å². The molecule has 5 heteroatoms. The maximum Gasteiger partial charge on any atom is 0.225 e. The van der Waals surface area contributed by atoms with Crippen LogP contribution in [0.25, 0.3) is 0 Å². The molecule has 3 N–H and O–H groups in total. The van der Waals surface area contributed by atoms with Crippen LogP contribution < -0.4 is 11.1 Å². The second kappa shape index (κ2) is 5.29. The van der Waals surface area contributed by atoms with E-state index in [1.807, 2.05) is 12.1 Å². The number of hydrogen-bond acceptors (Lipinski definition) is 3. The zero-order chi connectivity index (χ0) is 11.5. The lowest BCUT2D eigenvalue weighted by molar-refractivity contribution is -0.121. The highest BCUT2D eigenvalue weighted by molar-refractivity contribution is 9.11. The van der Waals surface area contributed by atoms with Crippen molar-refractivity contribution in [3.63, 3.8) is 0 Å². The number of nitrogens with two attached hydrogens (primary N) is 1. The van der Waals surface area contributed by atoms with E-state index < -0.39 is 0 Å². The molecular formula is C11H15BrN2OS. The predicted molar refractivity (Wildman–Crippen MR) is 69.4 cm³/mol. The zero-order valence-corrected chi connectivity index (χ0v) is 11.3. The van der Waals surface area contributed by atoms with Crippen LogP contribution in [0.5, 0.6) is 0 Å². The number of carbonyl (C=O) groups is 1. The van der Waals surface area contributed by atoms with E-state index in [1.165, 1.54) is 12.8 Å². The Morgan fingerprint density at radius 1 is 1.62 bits per heavy atom. The van der Waals surface area contributed by atoms with Crippen molar-refractivity contribution in [1.29, 1.82) is 0 Å².